The molecule has 1 rings (SSSR count). The summed E-state index contributed by atoms with van der Waals surface area (Å²) < 4.78 is 48.2. The van der Waals surface area contributed by atoms with Crippen LogP contribution in [0, 0.1) is 0 Å². The second-order valence-corrected chi connectivity index (χ2v) is 9.28. The molecular weight excluding hydrogens is 288 g/mol. The lowest BCUT2D eigenvalue weighted by molar-refractivity contribution is 0.537. The summed E-state index contributed by atoms with van der Waals surface area (Å²) in [6.45, 7) is 2.70. The Bertz CT molecular complexity index is 664. The molecule has 0 aliphatic heterocycles. The third-order valence-electron chi connectivity index (χ3n) is 2.90. The monoisotopic (exact) mass is 306 g/mol. The van der Waals surface area contributed by atoms with Crippen LogP contribution in [0.1, 0.15) is 13.8 Å². The minimum atomic E-state index is -3.82. The summed E-state index contributed by atoms with van der Waals surface area (Å²) in [5.74, 6) is 0. The summed E-state index contributed by atoms with van der Waals surface area (Å²) >= 11 is 0. The topological polar surface area (TPSA) is 106 Å². The quantitative estimate of drug-likeness (QED) is 0.764. The van der Waals surface area contributed by atoms with Crippen LogP contribution in [0.2, 0.25) is 0 Å². The molecule has 6 nitrogen and oxygen atoms in total. The minimum absolute atomic E-state index is 0.0562. The van der Waals surface area contributed by atoms with Crippen LogP contribution in [0.5, 0.6) is 0 Å². The van der Waals surface area contributed by atoms with Crippen molar-refractivity contribution < 1.29 is 16.8 Å². The number of sulfonamides is 1. The number of nitrogens with two attached hydrogens (primary N) is 1. The van der Waals surface area contributed by atoms with Gasteiger partial charge in [0.2, 0.25) is 10.0 Å². The van der Waals surface area contributed by atoms with E-state index in [4.69, 9.17) is 5.73 Å². The highest BCUT2D eigenvalue weighted by Crippen LogP contribution is 2.19. The molecule has 0 radical (unpaired) electrons. The van der Waals surface area contributed by atoms with Crippen LogP contribution in [0.4, 0.5) is 5.69 Å². The van der Waals surface area contributed by atoms with Crippen molar-refractivity contribution in [3.05, 3.63) is 24.3 Å². The maximum atomic E-state index is 12.0. The fourth-order valence-electron chi connectivity index (χ4n) is 1.20. The Morgan fingerprint density at radius 1 is 1.16 bits per heavy atom. The molecule has 0 saturated heterocycles. The molecule has 1 aromatic rings. The van der Waals surface area contributed by atoms with E-state index in [-0.39, 0.29) is 17.1 Å². The Balaban J connectivity index is 2.99. The zero-order valence-electron chi connectivity index (χ0n) is 11.0. The molecule has 0 saturated carbocycles. The smallest absolute Gasteiger partial charge is 0.242 e. The van der Waals surface area contributed by atoms with Gasteiger partial charge in [0.15, 0.2) is 9.84 Å². The van der Waals surface area contributed by atoms with Crippen molar-refractivity contribution in [3.8, 4) is 0 Å². The van der Waals surface area contributed by atoms with E-state index in [2.05, 4.69) is 4.72 Å². The summed E-state index contributed by atoms with van der Waals surface area (Å²) in [5, 5.41) is 0. The molecule has 0 atom stereocenters. The van der Waals surface area contributed by atoms with Crippen LogP contribution < -0.4 is 10.5 Å². The molecule has 0 heterocycles. The zero-order chi connectivity index (χ0) is 14.9. The van der Waals surface area contributed by atoms with E-state index in [1.807, 2.05) is 0 Å². The van der Waals surface area contributed by atoms with Gasteiger partial charge in [-0.05, 0) is 26.0 Å². The molecule has 0 unspecified atom stereocenters. The maximum absolute atomic E-state index is 12.0. The molecule has 0 bridgehead atoms. The molecule has 0 fully saturated rings. The molecule has 0 aliphatic rings. The van der Waals surface area contributed by atoms with Crippen molar-refractivity contribution in [1.29, 1.82) is 0 Å². The Kier molecular flexibility index (Phi) is 4.28. The Morgan fingerprint density at radius 2 is 1.68 bits per heavy atom. The van der Waals surface area contributed by atoms with E-state index in [0.29, 0.717) is 0 Å². The second-order valence-electron chi connectivity index (χ2n) is 4.89. The molecule has 0 spiro atoms. The molecule has 0 aromatic heterocycles. The Labute approximate surface area is 114 Å². The standard InChI is InChI=1S/C11H18N2O4S2/c1-11(2,18(3,14)15)8-13-19(16,17)10-7-5-4-6-9(10)12/h4-7,13H,8,12H2,1-3H3. The number of para-hydroxylation sites is 1. The van der Waals surface area contributed by atoms with E-state index in [0.717, 1.165) is 6.26 Å². The molecule has 3 N–H and O–H groups in total. The van der Waals surface area contributed by atoms with Gasteiger partial charge in [0, 0.05) is 12.8 Å². The van der Waals surface area contributed by atoms with Crippen LogP contribution in [0.15, 0.2) is 29.2 Å². The molecule has 19 heavy (non-hydrogen) atoms. The fourth-order valence-corrected chi connectivity index (χ4v) is 2.97. The van der Waals surface area contributed by atoms with Crippen LogP contribution in [-0.4, -0.2) is 34.4 Å². The number of sulfone groups is 1. The van der Waals surface area contributed by atoms with Crippen molar-refractivity contribution in [1.82, 2.24) is 4.72 Å². The van der Waals surface area contributed by atoms with E-state index in [1.165, 1.54) is 26.0 Å². The molecule has 8 heteroatoms. The second kappa shape index (κ2) is 5.10. The number of rotatable bonds is 5. The number of nitrogens with one attached hydrogen (secondary N) is 1. The lowest BCUT2D eigenvalue weighted by Gasteiger charge is -2.22. The number of hydrogen-bond acceptors (Lipinski definition) is 5. The Hall–Kier alpha value is -1.12. The van der Waals surface area contributed by atoms with E-state index < -0.39 is 24.6 Å². The van der Waals surface area contributed by atoms with Gasteiger partial charge < -0.3 is 5.73 Å². The summed E-state index contributed by atoms with van der Waals surface area (Å²) in [6.07, 6.45) is 1.07. The highest BCUT2D eigenvalue weighted by molar-refractivity contribution is 7.92. The van der Waals surface area contributed by atoms with Gasteiger partial charge in [-0.1, -0.05) is 12.1 Å². The van der Waals surface area contributed by atoms with Crippen molar-refractivity contribution in [2.24, 2.45) is 0 Å². The number of nitrogen functional groups attached to an aromatic ring is 1. The van der Waals surface area contributed by atoms with Crippen molar-refractivity contribution >= 4 is 25.5 Å². The number of anilines is 1. The van der Waals surface area contributed by atoms with Crippen molar-refractivity contribution in [2.75, 3.05) is 18.5 Å². The predicted molar refractivity (Wildman–Crippen MR) is 75.0 cm³/mol. The normalized spacial score (nSPS) is 13.4. The summed E-state index contributed by atoms with van der Waals surface area (Å²) in [7, 11) is -7.20. The summed E-state index contributed by atoms with van der Waals surface area (Å²) in [6, 6.07) is 6.00. The molecular formula is C11H18N2O4S2. The average molecular weight is 306 g/mol. The van der Waals surface area contributed by atoms with Crippen LogP contribution in [-0.2, 0) is 19.9 Å². The molecule has 0 aliphatic carbocycles. The molecule has 108 valence electrons. The maximum Gasteiger partial charge on any atom is 0.242 e. The van der Waals surface area contributed by atoms with E-state index in [1.54, 1.807) is 12.1 Å². The van der Waals surface area contributed by atoms with Gasteiger partial charge in [-0.2, -0.15) is 0 Å². The molecule has 1 aromatic carbocycles. The van der Waals surface area contributed by atoms with Crippen LogP contribution in [0.3, 0.4) is 0 Å². The lowest BCUT2D eigenvalue weighted by atomic mass is 10.2. The van der Waals surface area contributed by atoms with E-state index >= 15 is 0 Å². The first-order valence-corrected chi connectivity index (χ1v) is 8.88. The highest BCUT2D eigenvalue weighted by atomic mass is 32.2. The summed E-state index contributed by atoms with van der Waals surface area (Å²) in [5.41, 5.74) is 5.71. The minimum Gasteiger partial charge on any atom is -0.398 e. The van der Waals surface area contributed by atoms with Gasteiger partial charge in [0.05, 0.1) is 10.4 Å². The first-order valence-electron chi connectivity index (χ1n) is 5.51. The van der Waals surface area contributed by atoms with Gasteiger partial charge in [-0.15, -0.1) is 0 Å². The highest BCUT2D eigenvalue weighted by Gasteiger charge is 2.32. The predicted octanol–water partition coefficient (Wildman–Crippen LogP) is 0.370. The lowest BCUT2D eigenvalue weighted by Crippen LogP contribution is -2.43. The molecule has 0 amide bonds. The van der Waals surface area contributed by atoms with Gasteiger partial charge in [0.1, 0.15) is 4.90 Å². The Morgan fingerprint density at radius 3 is 2.16 bits per heavy atom. The zero-order valence-corrected chi connectivity index (χ0v) is 12.7. The van der Waals surface area contributed by atoms with Gasteiger partial charge in [-0.3, -0.25) is 0 Å². The van der Waals surface area contributed by atoms with Crippen LogP contribution in [0.25, 0.3) is 0 Å². The first kappa shape index (κ1) is 15.9. The van der Waals surface area contributed by atoms with Gasteiger partial charge in [0.25, 0.3) is 0 Å². The van der Waals surface area contributed by atoms with E-state index in [9.17, 15) is 16.8 Å². The largest absolute Gasteiger partial charge is 0.398 e. The van der Waals surface area contributed by atoms with Gasteiger partial charge in [-0.25, -0.2) is 21.6 Å². The third-order valence-corrected chi connectivity index (χ3v) is 6.53. The third kappa shape index (κ3) is 3.68. The van der Waals surface area contributed by atoms with Gasteiger partial charge >= 0.3 is 0 Å². The summed E-state index contributed by atoms with van der Waals surface area (Å²) in [4.78, 5) is -0.0562. The van der Waals surface area contributed by atoms with Crippen molar-refractivity contribution in [2.45, 2.75) is 23.5 Å². The number of benzene rings is 1. The SMILES string of the molecule is CC(C)(CNS(=O)(=O)c1ccccc1N)S(C)(=O)=O. The first-order chi connectivity index (χ1) is 8.47. The fraction of sp³-hybridized carbons (Fsp3) is 0.455. The average Bonchev–Trinajstić information content (AvgIpc) is 2.25. The number of hydrogen-bond donors (Lipinski definition) is 2. The van der Waals surface area contributed by atoms with Crippen LogP contribution >= 0.6 is 0 Å². The van der Waals surface area contributed by atoms with Crippen molar-refractivity contribution in [3.63, 3.8) is 0 Å².